The fraction of sp³-hybridized carbons (Fsp3) is 0.333. The molecule has 172 valence electrons. The van der Waals surface area contributed by atoms with Crippen LogP contribution in [0.5, 0.6) is 5.88 Å². The molecule has 0 radical (unpaired) electrons. The number of nitrogens with one attached hydrogen (secondary N) is 2. The zero-order valence-electron chi connectivity index (χ0n) is 18.7. The highest BCUT2D eigenvalue weighted by molar-refractivity contribution is 5.95. The lowest BCUT2D eigenvalue weighted by molar-refractivity contribution is -0.117. The monoisotopic (exact) mass is 448 g/mol. The van der Waals surface area contributed by atoms with Gasteiger partial charge in [0.25, 0.3) is 0 Å². The summed E-state index contributed by atoms with van der Waals surface area (Å²) in [6.07, 6.45) is 5.74. The van der Waals surface area contributed by atoms with Gasteiger partial charge in [0.1, 0.15) is 5.82 Å². The lowest BCUT2D eigenvalue weighted by Crippen LogP contribution is -2.29. The molecule has 1 atom stereocenters. The summed E-state index contributed by atoms with van der Waals surface area (Å²) in [6.45, 7) is 4.36. The number of carbonyl (C=O) groups is 1. The fourth-order valence-electron chi connectivity index (χ4n) is 3.42. The molecule has 2 heterocycles. The first-order chi connectivity index (χ1) is 16.1. The molecule has 1 aromatic carbocycles. The van der Waals surface area contributed by atoms with Crippen molar-refractivity contribution in [2.75, 3.05) is 17.3 Å². The second-order valence-electron chi connectivity index (χ2n) is 7.84. The van der Waals surface area contributed by atoms with Crippen molar-refractivity contribution in [2.24, 2.45) is 0 Å². The first-order valence-corrected chi connectivity index (χ1v) is 11.1. The Bertz CT molecular complexity index is 1090. The number of aromatic nitrogens is 3. The number of hydrazine groups is 1. The largest absolute Gasteiger partial charge is 0.477 e. The van der Waals surface area contributed by atoms with Crippen molar-refractivity contribution in [3.8, 4) is 17.1 Å². The van der Waals surface area contributed by atoms with E-state index in [0.717, 1.165) is 23.6 Å². The molecule has 0 saturated heterocycles. The number of anilines is 2. The van der Waals surface area contributed by atoms with Crippen molar-refractivity contribution >= 4 is 17.4 Å². The quantitative estimate of drug-likeness (QED) is 0.395. The van der Waals surface area contributed by atoms with Crippen LogP contribution in [-0.2, 0) is 4.79 Å². The topological polar surface area (TPSA) is 112 Å². The van der Waals surface area contributed by atoms with Gasteiger partial charge in [-0.1, -0.05) is 25.1 Å². The highest BCUT2D eigenvalue weighted by Crippen LogP contribution is 2.27. The van der Waals surface area contributed by atoms with Crippen molar-refractivity contribution < 1.29 is 14.7 Å². The highest BCUT2D eigenvalue weighted by atomic mass is 16.5. The maximum atomic E-state index is 13.0. The van der Waals surface area contributed by atoms with Gasteiger partial charge in [-0.25, -0.2) is 9.97 Å². The van der Waals surface area contributed by atoms with Gasteiger partial charge in [-0.2, -0.15) is 0 Å². The maximum Gasteiger partial charge on any atom is 0.233 e. The van der Waals surface area contributed by atoms with Crippen LogP contribution in [0.2, 0.25) is 0 Å². The number of carbonyl (C=O) groups excluding carboxylic acids is 1. The van der Waals surface area contributed by atoms with Gasteiger partial charge < -0.3 is 10.1 Å². The molecular weight excluding hydrogens is 420 g/mol. The van der Waals surface area contributed by atoms with Gasteiger partial charge in [-0.05, 0) is 50.5 Å². The lowest BCUT2D eigenvalue weighted by Gasteiger charge is -2.18. The van der Waals surface area contributed by atoms with Crippen LogP contribution in [0.25, 0.3) is 11.3 Å². The van der Waals surface area contributed by atoms with E-state index in [1.165, 1.54) is 0 Å². The van der Waals surface area contributed by atoms with Crippen LogP contribution < -0.4 is 15.5 Å². The number of pyridine rings is 1. The molecule has 33 heavy (non-hydrogen) atoms. The Morgan fingerprint density at radius 2 is 1.94 bits per heavy atom. The molecule has 4 rings (SSSR count). The summed E-state index contributed by atoms with van der Waals surface area (Å²) >= 11 is 0. The normalized spacial score (nSPS) is 14.1. The predicted molar refractivity (Wildman–Crippen MR) is 125 cm³/mol. The number of hydrogen-bond donors (Lipinski definition) is 3. The van der Waals surface area contributed by atoms with Gasteiger partial charge >= 0.3 is 0 Å². The van der Waals surface area contributed by atoms with Gasteiger partial charge in [0.2, 0.25) is 11.8 Å². The van der Waals surface area contributed by atoms with E-state index in [-0.39, 0.29) is 11.9 Å². The first-order valence-electron chi connectivity index (χ1n) is 11.1. The van der Waals surface area contributed by atoms with Gasteiger partial charge in [-0.3, -0.25) is 20.4 Å². The Labute approximate surface area is 192 Å². The number of benzene rings is 1. The van der Waals surface area contributed by atoms with Crippen LogP contribution in [0.4, 0.5) is 11.5 Å². The molecule has 3 aromatic rings. The summed E-state index contributed by atoms with van der Waals surface area (Å²) in [6, 6.07) is 13.0. The second kappa shape index (κ2) is 10.4. The van der Waals surface area contributed by atoms with Gasteiger partial charge in [0.05, 0.1) is 42.3 Å². The van der Waals surface area contributed by atoms with E-state index in [2.05, 4.69) is 25.7 Å². The Kier molecular flexibility index (Phi) is 7.11. The Hall–Kier alpha value is -3.56. The fourth-order valence-corrected chi connectivity index (χ4v) is 3.42. The maximum absolute atomic E-state index is 13.0. The van der Waals surface area contributed by atoms with Crippen molar-refractivity contribution in [1.29, 1.82) is 0 Å². The molecule has 0 spiro atoms. The zero-order valence-corrected chi connectivity index (χ0v) is 18.7. The Morgan fingerprint density at radius 3 is 2.64 bits per heavy atom. The second-order valence-corrected chi connectivity index (χ2v) is 7.84. The van der Waals surface area contributed by atoms with E-state index in [0.29, 0.717) is 41.8 Å². The minimum atomic E-state index is -0.423. The number of hydroxylamine groups is 1. The molecule has 0 aliphatic heterocycles. The number of amides is 1. The molecule has 3 N–H and O–H groups in total. The van der Waals surface area contributed by atoms with E-state index in [4.69, 9.17) is 4.74 Å². The highest BCUT2D eigenvalue weighted by Gasteiger charge is 2.29. The van der Waals surface area contributed by atoms with Crippen LogP contribution in [0.15, 0.2) is 54.9 Å². The third-order valence-electron chi connectivity index (χ3n) is 5.33. The minimum Gasteiger partial charge on any atom is -0.477 e. The molecule has 1 aliphatic rings. The zero-order chi connectivity index (χ0) is 23.2. The Balaban J connectivity index is 1.43. The average Bonchev–Trinajstić information content (AvgIpc) is 3.67. The first kappa shape index (κ1) is 22.6. The van der Waals surface area contributed by atoms with E-state index in [1.807, 2.05) is 50.2 Å². The summed E-state index contributed by atoms with van der Waals surface area (Å²) < 4.78 is 5.41. The van der Waals surface area contributed by atoms with E-state index >= 15 is 0 Å². The van der Waals surface area contributed by atoms with E-state index in [1.54, 1.807) is 18.5 Å². The summed E-state index contributed by atoms with van der Waals surface area (Å²) in [4.78, 5) is 26.1. The van der Waals surface area contributed by atoms with Gasteiger partial charge in [-0.15, -0.1) is 5.17 Å². The standard InChI is InChI=1S/C24H28N6O3/c1-3-19(20-6-5-7-22(27-20)29-30(32)18-12-13-18)24(31)26-17-10-8-16(9-11-17)21-14-25-15-23(28-21)33-4-2/h5-11,14-15,18-19,32H,3-4,12-13H2,1-2H3,(H,26,31)(H,27,29). The molecule has 2 aromatic heterocycles. The van der Waals surface area contributed by atoms with Crippen molar-refractivity contribution in [2.45, 2.75) is 45.1 Å². The Morgan fingerprint density at radius 1 is 1.15 bits per heavy atom. The minimum absolute atomic E-state index is 0.122. The third-order valence-corrected chi connectivity index (χ3v) is 5.33. The molecule has 1 fully saturated rings. The van der Waals surface area contributed by atoms with Crippen LogP contribution in [-0.4, -0.2) is 43.9 Å². The number of ether oxygens (including phenoxy) is 1. The number of rotatable bonds is 10. The summed E-state index contributed by atoms with van der Waals surface area (Å²) in [5.74, 6) is 0.418. The molecule has 0 bridgehead atoms. The van der Waals surface area contributed by atoms with E-state index < -0.39 is 5.92 Å². The number of nitrogens with zero attached hydrogens (tertiary/aromatic N) is 4. The molecular formula is C24H28N6O3. The summed E-state index contributed by atoms with van der Waals surface area (Å²) in [7, 11) is 0. The van der Waals surface area contributed by atoms with Crippen LogP contribution in [0, 0.1) is 0 Å². The van der Waals surface area contributed by atoms with Crippen molar-refractivity contribution in [3.05, 3.63) is 60.6 Å². The van der Waals surface area contributed by atoms with Crippen LogP contribution in [0.1, 0.15) is 44.7 Å². The van der Waals surface area contributed by atoms with Crippen LogP contribution >= 0.6 is 0 Å². The van der Waals surface area contributed by atoms with Crippen molar-refractivity contribution in [3.63, 3.8) is 0 Å². The van der Waals surface area contributed by atoms with Gasteiger partial charge in [0.15, 0.2) is 0 Å². The summed E-state index contributed by atoms with van der Waals surface area (Å²) in [5.41, 5.74) is 5.77. The molecule has 9 heteroatoms. The smallest absolute Gasteiger partial charge is 0.233 e. The SMILES string of the molecule is CCOc1cncc(-c2ccc(NC(=O)C(CC)c3cccc(NN(O)C4CC4)n3)cc2)n1. The van der Waals surface area contributed by atoms with Gasteiger partial charge in [0, 0.05) is 11.3 Å². The molecule has 1 unspecified atom stereocenters. The lowest BCUT2D eigenvalue weighted by atomic mass is 10.0. The molecule has 1 saturated carbocycles. The van der Waals surface area contributed by atoms with E-state index in [9.17, 15) is 10.0 Å². The third kappa shape index (κ3) is 5.82. The molecule has 1 amide bonds. The molecule has 9 nitrogen and oxygen atoms in total. The molecule has 1 aliphatic carbocycles. The summed E-state index contributed by atoms with van der Waals surface area (Å²) in [5, 5.41) is 14.0. The predicted octanol–water partition coefficient (Wildman–Crippen LogP) is 4.25. The van der Waals surface area contributed by atoms with Crippen molar-refractivity contribution in [1.82, 2.24) is 20.1 Å². The average molecular weight is 449 g/mol. The van der Waals surface area contributed by atoms with Crippen LogP contribution in [0.3, 0.4) is 0 Å². The number of hydrogen-bond acceptors (Lipinski definition) is 8.